The summed E-state index contributed by atoms with van der Waals surface area (Å²) in [5, 5.41) is 1.73. The summed E-state index contributed by atoms with van der Waals surface area (Å²) in [4.78, 5) is 37.4. The van der Waals surface area contributed by atoms with Gasteiger partial charge in [-0.1, -0.05) is 18.2 Å². The van der Waals surface area contributed by atoms with Crippen molar-refractivity contribution in [3.63, 3.8) is 0 Å². The number of fused-ring (bicyclic) bond motifs is 1. The number of nitrogens with zero attached hydrogens (tertiary/aromatic N) is 1. The number of carbonyl (C=O) groups is 3. The van der Waals surface area contributed by atoms with Gasteiger partial charge in [0.1, 0.15) is 11.5 Å². The first-order valence-electron chi connectivity index (χ1n) is 8.98. The van der Waals surface area contributed by atoms with Gasteiger partial charge in [0.15, 0.2) is 0 Å². The highest BCUT2D eigenvalue weighted by atomic mass is 19.4. The van der Waals surface area contributed by atoms with E-state index in [1.807, 2.05) is 0 Å². The fourth-order valence-corrected chi connectivity index (χ4v) is 3.04. The molecule has 1 heterocycles. The highest BCUT2D eigenvalue weighted by Crippen LogP contribution is 2.32. The summed E-state index contributed by atoms with van der Waals surface area (Å²) in [6, 6.07) is 18.1. The van der Waals surface area contributed by atoms with Crippen LogP contribution >= 0.6 is 0 Å². The van der Waals surface area contributed by atoms with Gasteiger partial charge in [-0.15, -0.1) is 0 Å². The zero-order valence-electron chi connectivity index (χ0n) is 15.6. The lowest BCUT2D eigenvalue weighted by atomic mass is 10.1. The van der Waals surface area contributed by atoms with E-state index in [-0.39, 0.29) is 28.3 Å². The summed E-state index contributed by atoms with van der Waals surface area (Å²) >= 11 is 0. The molecule has 3 amide bonds. The predicted octanol–water partition coefficient (Wildman–Crippen LogP) is 4.78. The summed E-state index contributed by atoms with van der Waals surface area (Å²) in [5.74, 6) is -2.47. The Balaban J connectivity index is 1.51. The van der Waals surface area contributed by atoms with Gasteiger partial charge in [-0.05, 0) is 54.6 Å². The Morgan fingerprint density at radius 3 is 2.06 bits per heavy atom. The lowest BCUT2D eigenvalue weighted by Crippen LogP contribution is -2.29. The normalized spacial score (nSPS) is 13.2. The summed E-state index contributed by atoms with van der Waals surface area (Å²) in [5.41, 5.74) is 0.822. The number of amides is 3. The molecular weight excluding hydrogens is 413 g/mol. The number of rotatable bonds is 4. The highest BCUT2D eigenvalue weighted by molar-refractivity contribution is 6.34. The summed E-state index contributed by atoms with van der Waals surface area (Å²) in [7, 11) is 0. The molecule has 0 atom stereocenters. The Hall–Kier alpha value is -4.14. The quantitative estimate of drug-likeness (QED) is 0.610. The number of ether oxygens (including phenoxy) is 1. The molecule has 0 aromatic heterocycles. The maximum Gasteiger partial charge on any atom is 0.471 e. The van der Waals surface area contributed by atoms with Gasteiger partial charge in [0, 0.05) is 5.69 Å². The average Bonchev–Trinajstić information content (AvgIpc) is 2.99. The number of hydrogen-bond acceptors (Lipinski definition) is 4. The molecule has 3 aromatic rings. The van der Waals surface area contributed by atoms with Crippen LogP contribution in [0.5, 0.6) is 11.5 Å². The zero-order chi connectivity index (χ0) is 22.2. The van der Waals surface area contributed by atoms with Crippen molar-refractivity contribution in [3.05, 3.63) is 83.9 Å². The summed E-state index contributed by atoms with van der Waals surface area (Å²) in [6.45, 7) is 0. The third-order valence-corrected chi connectivity index (χ3v) is 4.48. The molecule has 156 valence electrons. The van der Waals surface area contributed by atoms with E-state index in [0.717, 1.165) is 4.90 Å². The van der Waals surface area contributed by atoms with Crippen LogP contribution in [0.1, 0.15) is 20.7 Å². The SMILES string of the molecule is O=C1c2ccc(Oc3ccc(NC(=O)C(F)(F)F)cc3)cc2C(=O)N1c1ccccc1. The fourth-order valence-electron chi connectivity index (χ4n) is 3.04. The van der Waals surface area contributed by atoms with Crippen LogP contribution in [-0.2, 0) is 4.79 Å². The molecule has 3 aromatic carbocycles. The van der Waals surface area contributed by atoms with Crippen molar-refractivity contribution in [1.82, 2.24) is 0 Å². The standard InChI is InChI=1S/C22H13F3N2O4/c23-22(24,25)21(30)26-13-6-8-15(9-7-13)31-16-10-11-17-18(12-16)20(29)27(19(17)28)14-4-2-1-3-5-14/h1-12H,(H,26,30). The van der Waals surface area contributed by atoms with Crippen molar-refractivity contribution in [1.29, 1.82) is 0 Å². The molecule has 1 aliphatic heterocycles. The molecular formula is C22H13F3N2O4. The van der Waals surface area contributed by atoms with Crippen LogP contribution in [0.2, 0.25) is 0 Å². The second kappa shape index (κ2) is 7.60. The molecule has 0 spiro atoms. The zero-order valence-corrected chi connectivity index (χ0v) is 15.6. The van der Waals surface area contributed by atoms with Gasteiger partial charge in [-0.25, -0.2) is 4.90 Å². The van der Waals surface area contributed by atoms with Crippen molar-refractivity contribution in [2.45, 2.75) is 6.18 Å². The first-order valence-corrected chi connectivity index (χ1v) is 8.98. The van der Waals surface area contributed by atoms with Crippen LogP contribution in [0.4, 0.5) is 24.5 Å². The highest BCUT2D eigenvalue weighted by Gasteiger charge is 2.39. The van der Waals surface area contributed by atoms with Crippen molar-refractivity contribution in [2.75, 3.05) is 10.2 Å². The third-order valence-electron chi connectivity index (χ3n) is 4.48. The van der Waals surface area contributed by atoms with Gasteiger partial charge in [0.25, 0.3) is 11.8 Å². The number of alkyl halides is 3. The van der Waals surface area contributed by atoms with Crippen molar-refractivity contribution >= 4 is 29.1 Å². The molecule has 0 unspecified atom stereocenters. The maximum atomic E-state index is 12.8. The van der Waals surface area contributed by atoms with E-state index in [1.54, 1.807) is 35.6 Å². The summed E-state index contributed by atoms with van der Waals surface area (Å²) < 4.78 is 42.6. The van der Waals surface area contributed by atoms with E-state index in [2.05, 4.69) is 0 Å². The molecule has 6 nitrogen and oxygen atoms in total. The largest absolute Gasteiger partial charge is 0.471 e. The number of nitrogens with one attached hydrogen (secondary N) is 1. The number of carbonyl (C=O) groups excluding carboxylic acids is 3. The van der Waals surface area contributed by atoms with E-state index in [4.69, 9.17) is 4.74 Å². The number of para-hydroxylation sites is 1. The number of imide groups is 1. The van der Waals surface area contributed by atoms with Gasteiger partial charge >= 0.3 is 12.1 Å². The average molecular weight is 426 g/mol. The van der Waals surface area contributed by atoms with Gasteiger partial charge in [0.05, 0.1) is 16.8 Å². The molecule has 0 saturated heterocycles. The topological polar surface area (TPSA) is 75.7 Å². The van der Waals surface area contributed by atoms with Crippen molar-refractivity contribution in [2.24, 2.45) is 0 Å². The monoisotopic (exact) mass is 426 g/mol. The molecule has 1 N–H and O–H groups in total. The van der Waals surface area contributed by atoms with E-state index >= 15 is 0 Å². The molecule has 0 aliphatic carbocycles. The number of hydrogen-bond donors (Lipinski definition) is 1. The molecule has 0 saturated carbocycles. The van der Waals surface area contributed by atoms with Gasteiger partial charge in [-0.2, -0.15) is 13.2 Å². The molecule has 9 heteroatoms. The summed E-state index contributed by atoms with van der Waals surface area (Å²) in [6.07, 6.45) is -4.99. The Morgan fingerprint density at radius 2 is 1.42 bits per heavy atom. The van der Waals surface area contributed by atoms with E-state index in [0.29, 0.717) is 5.69 Å². The van der Waals surface area contributed by atoms with Crippen LogP contribution in [-0.4, -0.2) is 23.9 Å². The molecule has 0 fully saturated rings. The van der Waals surface area contributed by atoms with Crippen molar-refractivity contribution < 1.29 is 32.3 Å². The van der Waals surface area contributed by atoms with E-state index in [1.165, 1.54) is 42.5 Å². The number of benzene rings is 3. The minimum atomic E-state index is -4.99. The smallest absolute Gasteiger partial charge is 0.457 e. The Kier molecular flexibility index (Phi) is 4.94. The molecule has 1 aliphatic rings. The second-order valence-corrected chi connectivity index (χ2v) is 6.57. The van der Waals surface area contributed by atoms with Gasteiger partial charge < -0.3 is 10.1 Å². The lowest BCUT2D eigenvalue weighted by molar-refractivity contribution is -0.167. The van der Waals surface area contributed by atoms with Crippen LogP contribution in [0.25, 0.3) is 0 Å². The van der Waals surface area contributed by atoms with E-state index < -0.39 is 23.9 Å². The molecule has 0 bridgehead atoms. The number of anilines is 2. The first-order chi connectivity index (χ1) is 14.7. The van der Waals surface area contributed by atoms with Gasteiger partial charge in [0.2, 0.25) is 0 Å². The minimum Gasteiger partial charge on any atom is -0.457 e. The van der Waals surface area contributed by atoms with Crippen LogP contribution < -0.4 is 15.0 Å². The Labute approximate surface area is 173 Å². The number of halogens is 3. The van der Waals surface area contributed by atoms with Gasteiger partial charge in [-0.3, -0.25) is 14.4 Å². The Morgan fingerprint density at radius 1 is 0.806 bits per heavy atom. The van der Waals surface area contributed by atoms with E-state index in [9.17, 15) is 27.6 Å². The molecule has 4 rings (SSSR count). The van der Waals surface area contributed by atoms with Crippen molar-refractivity contribution in [3.8, 4) is 11.5 Å². The second-order valence-electron chi connectivity index (χ2n) is 6.57. The third kappa shape index (κ3) is 3.97. The van der Waals surface area contributed by atoms with Crippen LogP contribution in [0.3, 0.4) is 0 Å². The first kappa shape index (κ1) is 20.1. The Bertz CT molecular complexity index is 1180. The maximum absolute atomic E-state index is 12.8. The lowest BCUT2D eigenvalue weighted by Gasteiger charge is -2.13. The predicted molar refractivity (Wildman–Crippen MR) is 105 cm³/mol. The minimum absolute atomic E-state index is 0.0529. The molecule has 31 heavy (non-hydrogen) atoms. The molecule has 0 radical (unpaired) electrons. The van der Waals surface area contributed by atoms with Crippen LogP contribution in [0.15, 0.2) is 72.8 Å². The fraction of sp³-hybridized carbons (Fsp3) is 0.0455. The van der Waals surface area contributed by atoms with Crippen LogP contribution in [0, 0.1) is 0 Å².